The van der Waals surface area contributed by atoms with Crippen LogP contribution in [-0.2, 0) is 10.0 Å². The van der Waals surface area contributed by atoms with Crippen LogP contribution in [0.2, 0.25) is 5.02 Å². The zero-order valence-corrected chi connectivity index (χ0v) is 16.6. The molecule has 0 aliphatic rings. The van der Waals surface area contributed by atoms with Gasteiger partial charge in [0.25, 0.3) is 10.0 Å². The van der Waals surface area contributed by atoms with Crippen molar-refractivity contribution in [2.24, 2.45) is 0 Å². The number of nitrogens with one attached hydrogen (secondary N) is 1. The third-order valence-corrected chi connectivity index (χ3v) is 7.13. The molecule has 0 fully saturated rings. The Morgan fingerprint density at radius 2 is 1.88 bits per heavy atom. The molecule has 1 N–H and O–H groups in total. The third-order valence-electron chi connectivity index (χ3n) is 4.05. The topological polar surface area (TPSA) is 72.2 Å². The summed E-state index contributed by atoms with van der Waals surface area (Å²) in [6.07, 6.45) is 0. The number of aryl methyl sites for hydroxylation is 2. The molecule has 0 aliphatic heterocycles. The van der Waals surface area contributed by atoms with Gasteiger partial charge in [-0.2, -0.15) is 0 Å². The molecule has 0 bridgehead atoms. The van der Waals surface area contributed by atoms with Crippen molar-refractivity contribution < 1.29 is 12.9 Å². The van der Waals surface area contributed by atoms with E-state index in [1.807, 2.05) is 13.8 Å². The molecule has 5 nitrogen and oxygen atoms in total. The van der Waals surface area contributed by atoms with E-state index in [9.17, 15) is 8.42 Å². The molecule has 3 aromatic rings. The molecule has 0 unspecified atom stereocenters. The fourth-order valence-corrected chi connectivity index (χ4v) is 5.33. The lowest BCUT2D eigenvalue weighted by Gasteiger charge is -2.11. The van der Waals surface area contributed by atoms with Crippen LogP contribution >= 0.6 is 22.9 Å². The van der Waals surface area contributed by atoms with Crippen molar-refractivity contribution in [3.63, 3.8) is 0 Å². The highest BCUT2D eigenvalue weighted by atomic mass is 35.5. The maximum Gasteiger partial charge on any atom is 0.263 e. The van der Waals surface area contributed by atoms with Crippen molar-refractivity contribution in [2.45, 2.75) is 32.6 Å². The van der Waals surface area contributed by atoms with Gasteiger partial charge in [-0.3, -0.25) is 4.72 Å². The molecule has 0 saturated carbocycles. The predicted octanol–water partition coefficient (Wildman–Crippen LogP) is 5.09. The van der Waals surface area contributed by atoms with Gasteiger partial charge in [-0.25, -0.2) is 8.42 Å². The van der Waals surface area contributed by atoms with E-state index in [1.54, 1.807) is 38.1 Å². The van der Waals surface area contributed by atoms with E-state index in [0.29, 0.717) is 26.9 Å². The number of nitrogens with zero attached hydrogens (tertiary/aromatic N) is 1. The molecular formula is C17H17ClN2O3S2. The molecule has 0 spiro atoms. The first kappa shape index (κ1) is 18.0. The lowest BCUT2D eigenvalue weighted by molar-refractivity contribution is 0.427. The molecule has 0 saturated heterocycles. The highest BCUT2D eigenvalue weighted by Crippen LogP contribution is 2.37. The van der Waals surface area contributed by atoms with Crippen LogP contribution in [0.15, 0.2) is 33.7 Å². The summed E-state index contributed by atoms with van der Waals surface area (Å²) in [5.41, 5.74) is 2.84. The van der Waals surface area contributed by atoms with Gasteiger partial charge in [-0.15, -0.1) is 11.3 Å². The molecule has 2 heterocycles. The van der Waals surface area contributed by atoms with E-state index >= 15 is 0 Å². The summed E-state index contributed by atoms with van der Waals surface area (Å²) in [7, 11) is -3.74. The lowest BCUT2D eigenvalue weighted by Crippen LogP contribution is -2.14. The molecule has 0 radical (unpaired) electrons. The maximum absolute atomic E-state index is 12.8. The minimum absolute atomic E-state index is 0.223. The molecular weight excluding hydrogens is 380 g/mol. The molecule has 0 aliphatic carbocycles. The average Bonchev–Trinajstić information content (AvgIpc) is 3.08. The van der Waals surface area contributed by atoms with Crippen LogP contribution in [0.4, 0.5) is 5.69 Å². The van der Waals surface area contributed by atoms with Gasteiger partial charge in [-0.1, -0.05) is 22.8 Å². The van der Waals surface area contributed by atoms with Gasteiger partial charge in [-0.05, 0) is 51.5 Å². The highest BCUT2D eigenvalue weighted by molar-refractivity contribution is 7.93. The number of benzene rings is 1. The van der Waals surface area contributed by atoms with Gasteiger partial charge in [0.05, 0.1) is 16.3 Å². The van der Waals surface area contributed by atoms with Crippen LogP contribution in [0.1, 0.15) is 21.7 Å². The molecule has 8 heteroatoms. The summed E-state index contributed by atoms with van der Waals surface area (Å²) >= 11 is 7.43. The standard InChI is InChI=1S/C17H17ClN2O3S2/c1-9-11(3)19-23-17(9)15-8-16(12(4)24-15)25(21,22)20-14-7-5-6-13(18)10(14)2/h5-8,20H,1-4H3. The summed E-state index contributed by atoms with van der Waals surface area (Å²) in [6, 6.07) is 6.73. The van der Waals surface area contributed by atoms with Crippen molar-refractivity contribution in [1.29, 1.82) is 0 Å². The van der Waals surface area contributed by atoms with Gasteiger partial charge in [0.15, 0.2) is 5.76 Å². The van der Waals surface area contributed by atoms with E-state index in [-0.39, 0.29) is 4.90 Å². The largest absolute Gasteiger partial charge is 0.355 e. The molecule has 1 aromatic carbocycles. The first-order valence-corrected chi connectivity index (χ1v) is 10.2. The van der Waals surface area contributed by atoms with E-state index in [2.05, 4.69) is 9.88 Å². The zero-order chi connectivity index (χ0) is 18.4. The second-order valence-electron chi connectivity index (χ2n) is 5.77. The number of hydrogen-bond acceptors (Lipinski definition) is 5. The highest BCUT2D eigenvalue weighted by Gasteiger charge is 2.23. The second-order valence-corrected chi connectivity index (χ2v) is 9.09. The number of aromatic nitrogens is 1. The van der Waals surface area contributed by atoms with Gasteiger partial charge in [0, 0.05) is 15.5 Å². The van der Waals surface area contributed by atoms with Gasteiger partial charge in [0.1, 0.15) is 4.90 Å². The van der Waals surface area contributed by atoms with E-state index in [0.717, 1.165) is 16.1 Å². The van der Waals surface area contributed by atoms with E-state index in [1.165, 1.54) is 11.3 Å². The van der Waals surface area contributed by atoms with Crippen LogP contribution in [-0.4, -0.2) is 13.6 Å². The van der Waals surface area contributed by atoms with Crippen LogP contribution < -0.4 is 4.72 Å². The number of rotatable bonds is 4. The second kappa shape index (κ2) is 6.48. The van der Waals surface area contributed by atoms with Crippen LogP contribution in [0.5, 0.6) is 0 Å². The number of thiophene rings is 1. The molecule has 25 heavy (non-hydrogen) atoms. The van der Waals surface area contributed by atoms with Crippen molar-refractivity contribution in [2.75, 3.05) is 4.72 Å². The minimum Gasteiger partial charge on any atom is -0.355 e. The monoisotopic (exact) mass is 396 g/mol. The third kappa shape index (κ3) is 3.31. The summed E-state index contributed by atoms with van der Waals surface area (Å²) in [5, 5.41) is 4.44. The Morgan fingerprint density at radius 3 is 2.52 bits per heavy atom. The van der Waals surface area contributed by atoms with Crippen molar-refractivity contribution >= 4 is 38.6 Å². The fourth-order valence-electron chi connectivity index (χ4n) is 2.41. The quantitative estimate of drug-likeness (QED) is 0.666. The van der Waals surface area contributed by atoms with Crippen molar-refractivity contribution in [1.82, 2.24) is 5.16 Å². The Morgan fingerprint density at radius 1 is 1.16 bits per heavy atom. The van der Waals surface area contributed by atoms with Crippen LogP contribution in [0, 0.1) is 27.7 Å². The predicted molar refractivity (Wildman–Crippen MR) is 101 cm³/mol. The number of halogens is 1. The lowest BCUT2D eigenvalue weighted by atomic mass is 10.2. The molecule has 0 atom stereocenters. The van der Waals surface area contributed by atoms with Crippen LogP contribution in [0.25, 0.3) is 10.6 Å². The molecule has 2 aromatic heterocycles. The molecule has 0 amide bonds. The summed E-state index contributed by atoms with van der Waals surface area (Å²) < 4.78 is 33.6. The SMILES string of the molecule is Cc1noc(-c2cc(S(=O)(=O)Nc3cccc(Cl)c3C)c(C)s2)c1C. The Kier molecular flexibility index (Phi) is 4.66. The zero-order valence-electron chi connectivity index (χ0n) is 14.2. The number of sulfonamides is 1. The van der Waals surface area contributed by atoms with Crippen molar-refractivity contribution in [3.05, 3.63) is 51.0 Å². The van der Waals surface area contributed by atoms with Gasteiger partial charge in [0.2, 0.25) is 0 Å². The first-order valence-electron chi connectivity index (χ1n) is 7.52. The Hall–Kier alpha value is -1.83. The summed E-state index contributed by atoms with van der Waals surface area (Å²) in [6.45, 7) is 7.29. The van der Waals surface area contributed by atoms with E-state index in [4.69, 9.17) is 16.1 Å². The Labute approximate surface area is 155 Å². The Bertz CT molecular complexity index is 1050. The summed E-state index contributed by atoms with van der Waals surface area (Å²) in [4.78, 5) is 1.63. The smallest absolute Gasteiger partial charge is 0.263 e. The number of hydrogen-bond donors (Lipinski definition) is 1. The van der Waals surface area contributed by atoms with Crippen molar-refractivity contribution in [3.8, 4) is 10.6 Å². The maximum atomic E-state index is 12.8. The normalized spacial score (nSPS) is 11.7. The average molecular weight is 397 g/mol. The molecule has 132 valence electrons. The Balaban J connectivity index is 2.01. The van der Waals surface area contributed by atoms with Crippen LogP contribution in [0.3, 0.4) is 0 Å². The van der Waals surface area contributed by atoms with Gasteiger partial charge < -0.3 is 4.52 Å². The van der Waals surface area contributed by atoms with Gasteiger partial charge >= 0.3 is 0 Å². The first-order chi connectivity index (χ1) is 11.7. The minimum atomic E-state index is -3.74. The summed E-state index contributed by atoms with van der Waals surface area (Å²) in [5.74, 6) is 0.603. The number of anilines is 1. The molecule has 3 rings (SSSR count). The van der Waals surface area contributed by atoms with E-state index < -0.39 is 10.0 Å². The fraction of sp³-hybridized carbons (Fsp3) is 0.235.